The second-order valence-corrected chi connectivity index (χ2v) is 3.66. The van der Waals surface area contributed by atoms with Gasteiger partial charge in [-0.25, -0.2) is 4.39 Å². The van der Waals surface area contributed by atoms with Crippen LogP contribution < -0.4 is 5.32 Å². The second kappa shape index (κ2) is 4.91. The Morgan fingerprint density at radius 3 is 2.86 bits per heavy atom. The lowest BCUT2D eigenvalue weighted by molar-refractivity contribution is 0.594. The van der Waals surface area contributed by atoms with Crippen molar-refractivity contribution in [2.75, 3.05) is 6.54 Å². The third-order valence-corrected chi connectivity index (χ3v) is 1.94. The van der Waals surface area contributed by atoms with Gasteiger partial charge in [0.05, 0.1) is 0 Å². The summed E-state index contributed by atoms with van der Waals surface area (Å²) in [6.45, 7) is 8.96. The zero-order valence-corrected chi connectivity index (χ0v) is 8.73. The molecular weight excluding hydrogens is 177 g/mol. The molecule has 0 unspecified atom stereocenters. The summed E-state index contributed by atoms with van der Waals surface area (Å²) in [4.78, 5) is 0. The van der Waals surface area contributed by atoms with E-state index in [1.165, 1.54) is 6.07 Å². The Balaban J connectivity index is 2.57. The van der Waals surface area contributed by atoms with E-state index < -0.39 is 0 Å². The number of benzene rings is 1. The van der Waals surface area contributed by atoms with E-state index in [2.05, 4.69) is 11.9 Å². The summed E-state index contributed by atoms with van der Waals surface area (Å²) in [6.07, 6.45) is 0. The SMILES string of the molecule is C=C(C)CNCc1cc(C)ccc1F. The van der Waals surface area contributed by atoms with Crippen molar-refractivity contribution in [3.63, 3.8) is 0 Å². The molecule has 0 aromatic heterocycles. The largest absolute Gasteiger partial charge is 0.309 e. The predicted octanol–water partition coefficient (Wildman–Crippen LogP) is 2.80. The molecule has 76 valence electrons. The van der Waals surface area contributed by atoms with E-state index in [0.29, 0.717) is 12.1 Å². The highest BCUT2D eigenvalue weighted by Crippen LogP contribution is 2.09. The van der Waals surface area contributed by atoms with Gasteiger partial charge in [0.25, 0.3) is 0 Å². The summed E-state index contributed by atoms with van der Waals surface area (Å²) < 4.78 is 13.2. The molecule has 1 aromatic rings. The van der Waals surface area contributed by atoms with Gasteiger partial charge in [-0.15, -0.1) is 0 Å². The monoisotopic (exact) mass is 193 g/mol. The van der Waals surface area contributed by atoms with Gasteiger partial charge >= 0.3 is 0 Å². The molecule has 1 nitrogen and oxygen atoms in total. The molecule has 1 aromatic carbocycles. The average molecular weight is 193 g/mol. The van der Waals surface area contributed by atoms with E-state index in [1.807, 2.05) is 19.9 Å². The molecule has 1 rings (SSSR count). The number of halogens is 1. The van der Waals surface area contributed by atoms with Crippen LogP contribution >= 0.6 is 0 Å². The summed E-state index contributed by atoms with van der Waals surface area (Å²) in [5.41, 5.74) is 2.85. The van der Waals surface area contributed by atoms with E-state index in [0.717, 1.165) is 17.7 Å². The summed E-state index contributed by atoms with van der Waals surface area (Å²) in [5.74, 6) is -0.148. The Morgan fingerprint density at radius 2 is 2.21 bits per heavy atom. The fourth-order valence-corrected chi connectivity index (χ4v) is 1.25. The first-order valence-electron chi connectivity index (χ1n) is 4.69. The lowest BCUT2D eigenvalue weighted by atomic mass is 10.1. The van der Waals surface area contributed by atoms with Gasteiger partial charge in [-0.1, -0.05) is 29.8 Å². The third-order valence-electron chi connectivity index (χ3n) is 1.94. The first-order chi connectivity index (χ1) is 6.59. The van der Waals surface area contributed by atoms with Gasteiger partial charge in [-0.3, -0.25) is 0 Å². The third kappa shape index (κ3) is 3.30. The van der Waals surface area contributed by atoms with Crippen LogP contribution in [-0.2, 0) is 6.54 Å². The lowest BCUT2D eigenvalue weighted by Gasteiger charge is -2.06. The van der Waals surface area contributed by atoms with E-state index in [9.17, 15) is 4.39 Å². The zero-order valence-electron chi connectivity index (χ0n) is 8.73. The molecule has 0 atom stereocenters. The molecular formula is C12H16FN. The molecule has 0 aliphatic heterocycles. The highest BCUT2D eigenvalue weighted by molar-refractivity contribution is 5.23. The first kappa shape index (κ1) is 10.9. The maximum Gasteiger partial charge on any atom is 0.127 e. The maximum atomic E-state index is 13.2. The van der Waals surface area contributed by atoms with E-state index in [1.54, 1.807) is 6.07 Å². The average Bonchev–Trinajstić information content (AvgIpc) is 2.10. The standard InChI is InChI=1S/C12H16FN/c1-9(2)7-14-8-11-6-10(3)4-5-12(11)13/h4-6,14H,1,7-8H2,2-3H3. The molecule has 14 heavy (non-hydrogen) atoms. The number of rotatable bonds is 4. The summed E-state index contributed by atoms with van der Waals surface area (Å²) in [7, 11) is 0. The van der Waals surface area contributed by atoms with Gasteiger partial charge < -0.3 is 5.32 Å². The van der Waals surface area contributed by atoms with Crippen molar-refractivity contribution < 1.29 is 4.39 Å². The summed E-state index contributed by atoms with van der Waals surface area (Å²) in [5, 5.41) is 3.13. The van der Waals surface area contributed by atoms with Gasteiger partial charge in [0.1, 0.15) is 5.82 Å². The number of aryl methyl sites for hydroxylation is 1. The molecule has 0 bridgehead atoms. The van der Waals surface area contributed by atoms with Crippen LogP contribution in [-0.4, -0.2) is 6.54 Å². The number of hydrogen-bond donors (Lipinski definition) is 1. The maximum absolute atomic E-state index is 13.2. The second-order valence-electron chi connectivity index (χ2n) is 3.66. The normalized spacial score (nSPS) is 10.2. The van der Waals surface area contributed by atoms with Crippen molar-refractivity contribution in [2.24, 2.45) is 0 Å². The molecule has 0 aliphatic rings. The van der Waals surface area contributed by atoms with E-state index in [4.69, 9.17) is 0 Å². The van der Waals surface area contributed by atoms with Crippen LogP contribution in [0.15, 0.2) is 30.4 Å². The van der Waals surface area contributed by atoms with Gasteiger partial charge in [-0.05, 0) is 19.9 Å². The quantitative estimate of drug-likeness (QED) is 0.725. The van der Waals surface area contributed by atoms with Crippen LogP contribution in [0.1, 0.15) is 18.1 Å². The van der Waals surface area contributed by atoms with Crippen LogP contribution in [0.3, 0.4) is 0 Å². The summed E-state index contributed by atoms with van der Waals surface area (Å²) >= 11 is 0. The van der Waals surface area contributed by atoms with Gasteiger partial charge in [0.15, 0.2) is 0 Å². The van der Waals surface area contributed by atoms with Crippen molar-refractivity contribution in [1.82, 2.24) is 5.32 Å². The molecule has 0 fully saturated rings. The van der Waals surface area contributed by atoms with Crippen molar-refractivity contribution >= 4 is 0 Å². The molecule has 0 saturated heterocycles. The topological polar surface area (TPSA) is 12.0 Å². The van der Waals surface area contributed by atoms with Gasteiger partial charge in [0, 0.05) is 18.7 Å². The van der Waals surface area contributed by atoms with Crippen molar-refractivity contribution in [3.8, 4) is 0 Å². The van der Waals surface area contributed by atoms with E-state index >= 15 is 0 Å². The summed E-state index contributed by atoms with van der Waals surface area (Å²) in [6, 6.07) is 5.14. The van der Waals surface area contributed by atoms with Crippen molar-refractivity contribution in [2.45, 2.75) is 20.4 Å². The van der Waals surface area contributed by atoms with Crippen LogP contribution in [0.4, 0.5) is 4.39 Å². The van der Waals surface area contributed by atoms with Gasteiger partial charge in [-0.2, -0.15) is 0 Å². The Hall–Kier alpha value is -1.15. The van der Waals surface area contributed by atoms with Gasteiger partial charge in [0.2, 0.25) is 0 Å². The Kier molecular flexibility index (Phi) is 3.84. The predicted molar refractivity (Wildman–Crippen MR) is 57.7 cm³/mol. The molecule has 0 saturated carbocycles. The molecule has 0 amide bonds. The minimum Gasteiger partial charge on any atom is -0.309 e. The van der Waals surface area contributed by atoms with Crippen LogP contribution in [0, 0.1) is 12.7 Å². The van der Waals surface area contributed by atoms with Crippen molar-refractivity contribution in [1.29, 1.82) is 0 Å². The van der Waals surface area contributed by atoms with E-state index in [-0.39, 0.29) is 5.82 Å². The fraction of sp³-hybridized carbons (Fsp3) is 0.333. The minimum absolute atomic E-state index is 0.148. The Bertz CT molecular complexity index is 331. The fourth-order valence-electron chi connectivity index (χ4n) is 1.25. The van der Waals surface area contributed by atoms with Crippen molar-refractivity contribution in [3.05, 3.63) is 47.3 Å². The number of nitrogens with one attached hydrogen (secondary N) is 1. The van der Waals surface area contributed by atoms with Crippen LogP contribution in [0.5, 0.6) is 0 Å². The zero-order chi connectivity index (χ0) is 10.6. The highest BCUT2D eigenvalue weighted by atomic mass is 19.1. The molecule has 2 heteroatoms. The first-order valence-corrected chi connectivity index (χ1v) is 4.69. The minimum atomic E-state index is -0.148. The lowest BCUT2D eigenvalue weighted by Crippen LogP contribution is -2.16. The molecule has 0 spiro atoms. The molecule has 0 aliphatic carbocycles. The molecule has 0 radical (unpaired) electrons. The van der Waals surface area contributed by atoms with Crippen LogP contribution in [0.2, 0.25) is 0 Å². The number of hydrogen-bond acceptors (Lipinski definition) is 1. The Morgan fingerprint density at radius 1 is 1.50 bits per heavy atom. The smallest absolute Gasteiger partial charge is 0.127 e. The molecule has 0 heterocycles. The molecule has 1 N–H and O–H groups in total. The highest BCUT2D eigenvalue weighted by Gasteiger charge is 2.00. The Labute approximate surface area is 84.6 Å². The van der Waals surface area contributed by atoms with Crippen LogP contribution in [0.25, 0.3) is 0 Å².